The van der Waals surface area contributed by atoms with Crippen LogP contribution in [0.15, 0.2) is 35.1 Å². The molecule has 2 aliphatic heterocycles. The van der Waals surface area contributed by atoms with Gasteiger partial charge in [0.15, 0.2) is 5.69 Å². The third kappa shape index (κ3) is 4.17. The van der Waals surface area contributed by atoms with Crippen LogP contribution in [0, 0.1) is 5.41 Å². The van der Waals surface area contributed by atoms with Crippen LogP contribution in [-0.2, 0) is 11.3 Å². The molecule has 0 radical (unpaired) electrons. The first-order valence-electron chi connectivity index (χ1n) is 13.3. The highest BCUT2D eigenvalue weighted by atomic mass is 35.5. The fourth-order valence-electron chi connectivity index (χ4n) is 6.99. The Hall–Kier alpha value is -2.68. The van der Waals surface area contributed by atoms with E-state index < -0.39 is 5.97 Å². The highest BCUT2D eigenvalue weighted by molar-refractivity contribution is 6.39. The van der Waals surface area contributed by atoms with Crippen molar-refractivity contribution in [1.29, 1.82) is 0 Å². The number of carboxylic acids is 1. The zero-order chi connectivity index (χ0) is 26.0. The van der Waals surface area contributed by atoms with Crippen LogP contribution in [0.3, 0.4) is 0 Å². The largest absolute Gasteiger partial charge is 0.476 e. The molecule has 2 saturated carbocycles. The number of hydrogen-bond donors (Lipinski definition) is 1. The van der Waals surface area contributed by atoms with Gasteiger partial charge in [-0.3, -0.25) is 0 Å². The Balaban J connectivity index is 1.03. The van der Waals surface area contributed by atoms with E-state index in [4.69, 9.17) is 37.6 Å². The molecule has 1 N–H and O–H groups in total. The van der Waals surface area contributed by atoms with Crippen LogP contribution in [0.2, 0.25) is 10.0 Å². The number of anilines is 1. The molecule has 2 aliphatic carbocycles. The van der Waals surface area contributed by atoms with Crippen LogP contribution < -0.4 is 4.90 Å². The van der Waals surface area contributed by atoms with Gasteiger partial charge in [0.2, 0.25) is 0 Å². The van der Waals surface area contributed by atoms with Crippen molar-refractivity contribution in [3.63, 3.8) is 0 Å². The standard InChI is InChI=1S/C28H28Cl2N4O4/c29-20-2-1-3-21(30)24(20)25-19(26(38-33-25)15-4-5-15)14-37-18-10-28(11-18)8-16-6-7-17(9-28)34(16)23-13-31-22(12-32-23)27(35)36/h1-3,12-13,15-18H,4-11,14H2,(H,35,36). The number of benzene rings is 1. The van der Waals surface area contributed by atoms with Crippen molar-refractivity contribution in [1.82, 2.24) is 15.1 Å². The molecule has 38 heavy (non-hydrogen) atoms. The Morgan fingerprint density at radius 2 is 1.76 bits per heavy atom. The van der Waals surface area contributed by atoms with E-state index in [1.807, 2.05) is 18.2 Å². The molecule has 4 aliphatic rings. The van der Waals surface area contributed by atoms with Gasteiger partial charge in [-0.05, 0) is 68.9 Å². The van der Waals surface area contributed by atoms with Crippen molar-refractivity contribution in [2.24, 2.45) is 5.41 Å². The van der Waals surface area contributed by atoms with Crippen molar-refractivity contribution >= 4 is 35.0 Å². The predicted octanol–water partition coefficient (Wildman–Crippen LogP) is 6.51. The molecule has 1 spiro atoms. The summed E-state index contributed by atoms with van der Waals surface area (Å²) in [6, 6.07) is 6.29. The number of nitrogens with zero attached hydrogens (tertiary/aromatic N) is 4. The quantitative estimate of drug-likeness (QED) is 0.352. The van der Waals surface area contributed by atoms with Crippen molar-refractivity contribution in [3.8, 4) is 11.3 Å². The van der Waals surface area contributed by atoms with Crippen molar-refractivity contribution in [2.75, 3.05) is 4.90 Å². The number of hydrogen-bond acceptors (Lipinski definition) is 7. The number of aromatic carboxylic acids is 1. The average Bonchev–Trinajstić information content (AvgIpc) is 3.58. The lowest BCUT2D eigenvalue weighted by atomic mass is 9.59. The van der Waals surface area contributed by atoms with E-state index >= 15 is 0 Å². The number of carbonyl (C=O) groups is 1. The number of aromatic nitrogens is 3. The molecule has 2 aromatic heterocycles. The smallest absolute Gasteiger partial charge is 0.356 e. The molecule has 198 valence electrons. The Morgan fingerprint density at radius 1 is 1.05 bits per heavy atom. The molecule has 2 unspecified atom stereocenters. The average molecular weight is 555 g/mol. The van der Waals surface area contributed by atoms with Crippen molar-refractivity contribution < 1.29 is 19.2 Å². The van der Waals surface area contributed by atoms with E-state index in [2.05, 4.69) is 20.0 Å². The van der Waals surface area contributed by atoms with Gasteiger partial charge in [-0.15, -0.1) is 0 Å². The Bertz CT molecular complexity index is 1350. The zero-order valence-electron chi connectivity index (χ0n) is 20.8. The number of piperidine rings is 1. The topological polar surface area (TPSA) is 102 Å². The molecule has 8 nitrogen and oxygen atoms in total. The first-order valence-corrected chi connectivity index (χ1v) is 14.0. The van der Waals surface area contributed by atoms with Gasteiger partial charge in [-0.2, -0.15) is 0 Å². The highest BCUT2D eigenvalue weighted by Gasteiger charge is 2.54. The van der Waals surface area contributed by atoms with Crippen LogP contribution in [0.4, 0.5) is 5.82 Å². The SMILES string of the molecule is O=C(O)c1cnc(N2C3CCC2CC2(CC(OCc4c(-c5c(Cl)cccc5Cl)noc4C4CC4)C2)C3)cn1. The molecule has 2 saturated heterocycles. The molecule has 10 heteroatoms. The molecule has 2 bridgehead atoms. The first kappa shape index (κ1) is 24.4. The summed E-state index contributed by atoms with van der Waals surface area (Å²) >= 11 is 13.0. The minimum absolute atomic E-state index is 0.0220. The summed E-state index contributed by atoms with van der Waals surface area (Å²) in [6.07, 6.45) is 11.9. The molecule has 2 atom stereocenters. The second-order valence-electron chi connectivity index (χ2n) is 11.4. The summed E-state index contributed by atoms with van der Waals surface area (Å²) < 4.78 is 12.3. The van der Waals surface area contributed by atoms with Gasteiger partial charge in [-0.1, -0.05) is 34.4 Å². The molecule has 0 amide bonds. The van der Waals surface area contributed by atoms with E-state index in [1.165, 1.54) is 6.20 Å². The molecule has 3 aromatic rings. The van der Waals surface area contributed by atoms with Crippen LogP contribution in [0.1, 0.15) is 79.1 Å². The zero-order valence-corrected chi connectivity index (χ0v) is 22.3. The summed E-state index contributed by atoms with van der Waals surface area (Å²) in [4.78, 5) is 22.0. The fraction of sp³-hybridized carbons (Fsp3) is 0.500. The highest BCUT2D eigenvalue weighted by Crippen LogP contribution is 2.57. The summed E-state index contributed by atoms with van der Waals surface area (Å²) in [5, 5.41) is 14.6. The lowest BCUT2D eigenvalue weighted by Crippen LogP contribution is -2.54. The maximum absolute atomic E-state index is 11.1. The number of fused-ring (bicyclic) bond motifs is 2. The van der Waals surface area contributed by atoms with Gasteiger partial charge in [0.05, 0.1) is 35.1 Å². The maximum atomic E-state index is 11.1. The normalized spacial score (nSPS) is 28.1. The Kier molecular flexibility index (Phi) is 5.91. The number of ether oxygens (including phenoxy) is 1. The van der Waals surface area contributed by atoms with Gasteiger partial charge in [0.1, 0.15) is 17.3 Å². The van der Waals surface area contributed by atoms with E-state index in [9.17, 15) is 4.79 Å². The number of halogens is 2. The minimum atomic E-state index is -1.05. The molecular weight excluding hydrogens is 527 g/mol. The van der Waals surface area contributed by atoms with Crippen LogP contribution in [-0.4, -0.2) is 44.4 Å². The second-order valence-corrected chi connectivity index (χ2v) is 12.2. The van der Waals surface area contributed by atoms with Gasteiger partial charge in [0.25, 0.3) is 0 Å². The van der Waals surface area contributed by atoms with E-state index in [-0.39, 0.29) is 11.8 Å². The lowest BCUT2D eigenvalue weighted by molar-refractivity contribution is -0.104. The van der Waals surface area contributed by atoms with Crippen molar-refractivity contribution in [3.05, 3.63) is 57.7 Å². The fourth-order valence-corrected chi connectivity index (χ4v) is 7.57. The van der Waals surface area contributed by atoms with Gasteiger partial charge < -0.3 is 19.3 Å². The van der Waals surface area contributed by atoms with Gasteiger partial charge in [-0.25, -0.2) is 14.8 Å². The minimum Gasteiger partial charge on any atom is -0.476 e. The van der Waals surface area contributed by atoms with Crippen LogP contribution >= 0.6 is 23.2 Å². The van der Waals surface area contributed by atoms with E-state index in [0.29, 0.717) is 51.3 Å². The summed E-state index contributed by atoms with van der Waals surface area (Å²) in [6.45, 7) is 0.442. The second kappa shape index (κ2) is 9.21. The molecule has 4 heterocycles. The van der Waals surface area contributed by atoms with Crippen LogP contribution in [0.25, 0.3) is 11.3 Å². The van der Waals surface area contributed by atoms with Crippen molar-refractivity contribution in [2.45, 2.75) is 82.1 Å². The Morgan fingerprint density at radius 3 is 2.37 bits per heavy atom. The maximum Gasteiger partial charge on any atom is 0.356 e. The number of rotatable bonds is 7. The molecule has 1 aromatic carbocycles. The monoisotopic (exact) mass is 554 g/mol. The number of carboxylic acid groups (broad SMARTS) is 1. The first-order chi connectivity index (χ1) is 18.4. The van der Waals surface area contributed by atoms with Crippen LogP contribution in [0.5, 0.6) is 0 Å². The molecular formula is C28H28Cl2N4O4. The van der Waals surface area contributed by atoms with E-state index in [0.717, 1.165) is 68.5 Å². The Labute approximate surface area is 230 Å². The summed E-state index contributed by atoms with van der Waals surface area (Å²) in [7, 11) is 0. The van der Waals surface area contributed by atoms with Gasteiger partial charge in [0, 0.05) is 29.1 Å². The van der Waals surface area contributed by atoms with Gasteiger partial charge >= 0.3 is 5.97 Å². The third-order valence-electron chi connectivity index (χ3n) is 8.83. The third-order valence-corrected chi connectivity index (χ3v) is 9.46. The summed E-state index contributed by atoms with van der Waals surface area (Å²) in [5.41, 5.74) is 2.65. The molecule has 4 fully saturated rings. The summed E-state index contributed by atoms with van der Waals surface area (Å²) in [5.74, 6) is 1.04. The lowest BCUT2D eigenvalue weighted by Gasteiger charge is -2.55. The molecule has 7 rings (SSSR count). The predicted molar refractivity (Wildman–Crippen MR) is 142 cm³/mol. The van der Waals surface area contributed by atoms with E-state index in [1.54, 1.807) is 6.20 Å².